The van der Waals surface area contributed by atoms with Crippen molar-refractivity contribution in [1.82, 2.24) is 15.6 Å². The fourth-order valence-electron chi connectivity index (χ4n) is 3.26. The van der Waals surface area contributed by atoms with Gasteiger partial charge < -0.3 is 15.7 Å². The normalized spacial score (nSPS) is 13.7. The number of guanidine groups is 1. The number of phenols is 1. The summed E-state index contributed by atoms with van der Waals surface area (Å²) in [7, 11) is 1.76. The number of aromatic nitrogens is 1. The summed E-state index contributed by atoms with van der Waals surface area (Å²) in [6.07, 6.45) is 4.59. The fourth-order valence-corrected chi connectivity index (χ4v) is 4.13. The molecule has 1 aliphatic rings. The van der Waals surface area contributed by atoms with Crippen LogP contribution in [-0.4, -0.2) is 23.1 Å². The van der Waals surface area contributed by atoms with E-state index in [0.717, 1.165) is 35.1 Å². The van der Waals surface area contributed by atoms with Crippen molar-refractivity contribution in [2.24, 2.45) is 4.99 Å². The molecule has 1 aliphatic carbocycles. The summed E-state index contributed by atoms with van der Waals surface area (Å²) in [5, 5.41) is 18.0. The van der Waals surface area contributed by atoms with Crippen molar-refractivity contribution in [2.75, 3.05) is 7.05 Å². The number of aliphatic imine (C=N–C) groups is 1. The third-order valence-corrected chi connectivity index (χ3v) is 5.84. The quantitative estimate of drug-likeness (QED) is 0.349. The minimum Gasteiger partial charge on any atom is -0.508 e. The van der Waals surface area contributed by atoms with Crippen LogP contribution in [0.4, 0.5) is 0 Å². The predicted octanol–water partition coefficient (Wildman–Crippen LogP) is 3.83. The van der Waals surface area contributed by atoms with Gasteiger partial charge in [-0.3, -0.25) is 4.99 Å². The number of hydrogen-bond donors (Lipinski definition) is 3. The molecule has 0 amide bonds. The van der Waals surface area contributed by atoms with Crippen LogP contribution in [0, 0.1) is 13.8 Å². The maximum absolute atomic E-state index is 10.3. The number of halogens is 1. The molecular weight excluding hydrogens is 459 g/mol. The van der Waals surface area contributed by atoms with Gasteiger partial charge in [0.15, 0.2) is 5.96 Å². The average molecular weight is 486 g/mol. The van der Waals surface area contributed by atoms with Crippen molar-refractivity contribution >= 4 is 41.3 Å². The molecule has 1 aromatic heterocycles. The molecule has 3 rings (SSSR count). The van der Waals surface area contributed by atoms with Gasteiger partial charge in [-0.05, 0) is 56.7 Å². The lowest BCUT2D eigenvalue weighted by Crippen LogP contribution is -2.36. The van der Waals surface area contributed by atoms with Gasteiger partial charge in [0.25, 0.3) is 0 Å². The lowest BCUT2D eigenvalue weighted by Gasteiger charge is -2.21. The highest BCUT2D eigenvalue weighted by Gasteiger charge is 2.16. The number of aromatic hydroxyl groups is 1. The highest BCUT2D eigenvalue weighted by atomic mass is 127. The molecular formula is C19H27IN4OS. The zero-order valence-corrected chi connectivity index (χ0v) is 18.7. The Kier molecular flexibility index (Phi) is 7.69. The fraction of sp³-hybridized carbons (Fsp3) is 0.474. The van der Waals surface area contributed by atoms with E-state index >= 15 is 0 Å². The smallest absolute Gasteiger partial charge is 0.191 e. The second kappa shape index (κ2) is 9.55. The van der Waals surface area contributed by atoms with Crippen molar-refractivity contribution in [3.05, 3.63) is 44.4 Å². The summed E-state index contributed by atoms with van der Waals surface area (Å²) in [4.78, 5) is 10.1. The highest BCUT2D eigenvalue weighted by molar-refractivity contribution is 14.0. The van der Waals surface area contributed by atoms with Crippen molar-refractivity contribution < 1.29 is 5.11 Å². The Bertz CT molecular complexity index is 769. The maximum Gasteiger partial charge on any atom is 0.191 e. The zero-order chi connectivity index (χ0) is 17.8. The number of nitrogens with zero attached hydrogens (tertiary/aromatic N) is 2. The molecule has 26 heavy (non-hydrogen) atoms. The lowest BCUT2D eigenvalue weighted by molar-refractivity contribution is 0.464. The summed E-state index contributed by atoms with van der Waals surface area (Å²) in [6.45, 7) is 5.34. The first-order valence-corrected chi connectivity index (χ1v) is 9.60. The molecule has 5 nitrogen and oxygen atoms in total. The van der Waals surface area contributed by atoms with Gasteiger partial charge in [-0.25, -0.2) is 4.98 Å². The summed E-state index contributed by atoms with van der Waals surface area (Å²) >= 11 is 1.71. The predicted molar refractivity (Wildman–Crippen MR) is 119 cm³/mol. The van der Waals surface area contributed by atoms with Crippen LogP contribution in [0.2, 0.25) is 0 Å². The number of rotatable bonds is 4. The molecule has 7 heteroatoms. The number of hydrogen-bond acceptors (Lipinski definition) is 4. The molecule has 0 atom stereocenters. The van der Waals surface area contributed by atoms with Gasteiger partial charge in [-0.1, -0.05) is 6.07 Å². The van der Waals surface area contributed by atoms with Crippen molar-refractivity contribution in [2.45, 2.75) is 52.6 Å². The molecule has 0 bridgehead atoms. The lowest BCUT2D eigenvalue weighted by atomic mass is 9.88. The number of fused-ring (bicyclic) bond motifs is 1. The average Bonchev–Trinajstić information content (AvgIpc) is 2.94. The van der Waals surface area contributed by atoms with E-state index in [1.54, 1.807) is 18.4 Å². The number of nitrogens with one attached hydrogen (secondary N) is 2. The van der Waals surface area contributed by atoms with Gasteiger partial charge >= 0.3 is 0 Å². The molecule has 3 N–H and O–H groups in total. The minimum absolute atomic E-state index is 0. The van der Waals surface area contributed by atoms with Gasteiger partial charge in [0.2, 0.25) is 0 Å². The van der Waals surface area contributed by atoms with Crippen LogP contribution in [0.1, 0.15) is 45.1 Å². The molecule has 0 saturated carbocycles. The van der Waals surface area contributed by atoms with Crippen molar-refractivity contribution in [3.63, 3.8) is 0 Å². The van der Waals surface area contributed by atoms with Crippen LogP contribution in [0.15, 0.2) is 17.1 Å². The molecule has 0 spiro atoms. The van der Waals surface area contributed by atoms with Crippen LogP contribution in [0.25, 0.3) is 0 Å². The molecule has 142 valence electrons. The Morgan fingerprint density at radius 3 is 2.62 bits per heavy atom. The van der Waals surface area contributed by atoms with Gasteiger partial charge in [0.1, 0.15) is 10.8 Å². The zero-order valence-electron chi connectivity index (χ0n) is 15.6. The first kappa shape index (κ1) is 21.0. The van der Waals surface area contributed by atoms with Gasteiger partial charge in [-0.15, -0.1) is 35.3 Å². The maximum atomic E-state index is 10.3. The van der Waals surface area contributed by atoms with Crippen LogP contribution >= 0.6 is 35.3 Å². The van der Waals surface area contributed by atoms with E-state index < -0.39 is 0 Å². The second-order valence-corrected chi connectivity index (χ2v) is 7.72. The summed E-state index contributed by atoms with van der Waals surface area (Å²) in [5.41, 5.74) is 4.77. The first-order chi connectivity index (χ1) is 12.1. The summed E-state index contributed by atoms with van der Waals surface area (Å²) < 4.78 is 0. The second-order valence-electron chi connectivity index (χ2n) is 6.44. The molecule has 1 aromatic carbocycles. The molecule has 2 aromatic rings. The number of thiazole rings is 1. The highest BCUT2D eigenvalue weighted by Crippen LogP contribution is 2.30. The summed E-state index contributed by atoms with van der Waals surface area (Å²) in [6, 6.07) is 3.88. The van der Waals surface area contributed by atoms with Gasteiger partial charge in [0, 0.05) is 24.0 Å². The topological polar surface area (TPSA) is 69.5 Å². The van der Waals surface area contributed by atoms with Crippen LogP contribution < -0.4 is 10.6 Å². The van der Waals surface area contributed by atoms with E-state index in [0.29, 0.717) is 18.8 Å². The van der Waals surface area contributed by atoms with Crippen LogP contribution in [0.5, 0.6) is 5.75 Å². The van der Waals surface area contributed by atoms with Crippen molar-refractivity contribution in [3.8, 4) is 5.75 Å². The number of benzene rings is 1. The van der Waals surface area contributed by atoms with E-state index in [-0.39, 0.29) is 24.0 Å². The van der Waals surface area contributed by atoms with E-state index in [2.05, 4.69) is 33.6 Å². The van der Waals surface area contributed by atoms with Gasteiger partial charge in [-0.2, -0.15) is 0 Å². The molecule has 0 aliphatic heterocycles. The largest absolute Gasteiger partial charge is 0.508 e. The standard InChI is InChI=1S/C19H26N4OS.HI/c1-12-13(2)25-18(23-12)11-22-19(20-3)21-10-16-15-7-5-4-6-14(15)8-9-17(16)24;/h8-9,24H,4-7,10-11H2,1-3H3,(H2,20,21,22);1H. The SMILES string of the molecule is CN=C(NCc1nc(C)c(C)s1)NCc1c(O)ccc2c1CCCC2.I. The Morgan fingerprint density at radius 1 is 1.19 bits per heavy atom. The minimum atomic E-state index is 0. The summed E-state index contributed by atoms with van der Waals surface area (Å²) in [5.74, 6) is 1.09. The molecule has 0 radical (unpaired) electrons. The number of phenolic OH excluding ortho intramolecular Hbond substituents is 1. The van der Waals surface area contributed by atoms with Gasteiger partial charge in [0.05, 0.1) is 12.2 Å². The number of aryl methyl sites for hydroxylation is 3. The third kappa shape index (κ3) is 4.88. The molecule has 0 fully saturated rings. The van der Waals surface area contributed by atoms with E-state index in [4.69, 9.17) is 0 Å². The molecule has 1 heterocycles. The van der Waals surface area contributed by atoms with E-state index in [1.807, 2.05) is 13.0 Å². The van der Waals surface area contributed by atoms with Crippen LogP contribution in [-0.2, 0) is 25.9 Å². The van der Waals surface area contributed by atoms with Crippen molar-refractivity contribution in [1.29, 1.82) is 0 Å². The Morgan fingerprint density at radius 2 is 1.92 bits per heavy atom. The van der Waals surface area contributed by atoms with Crippen LogP contribution in [0.3, 0.4) is 0 Å². The Balaban J connectivity index is 0.00000243. The third-order valence-electron chi connectivity index (χ3n) is 4.76. The molecule has 0 saturated heterocycles. The Labute approximate surface area is 176 Å². The van der Waals surface area contributed by atoms with E-state index in [9.17, 15) is 5.11 Å². The van der Waals surface area contributed by atoms with E-state index in [1.165, 1.54) is 28.8 Å². The monoisotopic (exact) mass is 486 g/mol. The Hall–Kier alpha value is -1.35. The first-order valence-electron chi connectivity index (χ1n) is 8.78. The molecule has 0 unspecified atom stereocenters.